The third-order valence-corrected chi connectivity index (χ3v) is 9.60. The molecule has 0 N–H and O–H groups in total. The van der Waals surface area contributed by atoms with Gasteiger partial charge in [0.25, 0.3) is 0 Å². The van der Waals surface area contributed by atoms with Crippen LogP contribution in [0.3, 0.4) is 0 Å². The van der Waals surface area contributed by atoms with Gasteiger partial charge in [-0.3, -0.25) is 19.2 Å². The Morgan fingerprint density at radius 3 is 0.725 bits per heavy atom. The molecule has 300 valence electrons. The highest BCUT2D eigenvalue weighted by Crippen LogP contribution is 2.24. The molecule has 0 heterocycles. The molecule has 8 nitrogen and oxygen atoms in total. The first-order valence-electron chi connectivity index (χ1n) is 21.4. The Morgan fingerprint density at radius 1 is 0.294 bits per heavy atom. The molecule has 0 aliphatic heterocycles. The predicted molar refractivity (Wildman–Crippen MR) is 207 cm³/mol. The van der Waals surface area contributed by atoms with Gasteiger partial charge >= 0.3 is 23.9 Å². The van der Waals surface area contributed by atoms with Crippen molar-refractivity contribution in [2.45, 2.75) is 220 Å². The van der Waals surface area contributed by atoms with Crippen LogP contribution in [0.2, 0.25) is 0 Å². The highest BCUT2D eigenvalue weighted by Gasteiger charge is 2.38. The van der Waals surface area contributed by atoms with E-state index in [-0.39, 0.29) is 76.0 Å². The van der Waals surface area contributed by atoms with Crippen molar-refractivity contribution in [3.05, 3.63) is 0 Å². The van der Waals surface area contributed by atoms with Crippen LogP contribution >= 0.6 is 0 Å². The number of carbonyl (C=O) groups is 4. The smallest absolute Gasteiger partial charge is 0.305 e. The molecule has 0 aromatic heterocycles. The van der Waals surface area contributed by atoms with Crippen LogP contribution in [0.25, 0.3) is 0 Å². The molecule has 0 aliphatic carbocycles. The standard InChI is InChI=1S/C43H80O8/c1-5-9-13-15-17-19-21-23-25-27-29-33-41(46)50-37-43(35-48-39(44)31-11-7-3,36-49-40(45)32-12-8-4)38-51-42(47)34-30-28-26-24-22-20-18-16-14-10-6-2/h5-38H2,1-4H3. The molecule has 0 radical (unpaired) electrons. The van der Waals surface area contributed by atoms with Crippen molar-refractivity contribution in [1.29, 1.82) is 0 Å². The van der Waals surface area contributed by atoms with Gasteiger partial charge in [0.15, 0.2) is 0 Å². The third kappa shape index (κ3) is 32.3. The SMILES string of the molecule is CCCCCCCCCCCCCC(=O)OCC(COC(=O)CCCC)(COC(=O)CCCC)COC(=O)CCCCCCCCCCCCC. The lowest BCUT2D eigenvalue weighted by atomic mass is 9.92. The largest absolute Gasteiger partial charge is 0.465 e. The summed E-state index contributed by atoms with van der Waals surface area (Å²) in [6, 6.07) is 0. The average Bonchev–Trinajstić information content (AvgIpc) is 3.13. The fourth-order valence-electron chi connectivity index (χ4n) is 5.98. The van der Waals surface area contributed by atoms with Crippen molar-refractivity contribution in [2.75, 3.05) is 26.4 Å². The quantitative estimate of drug-likeness (QED) is 0.0352. The molecule has 0 spiro atoms. The average molecular weight is 725 g/mol. The third-order valence-electron chi connectivity index (χ3n) is 9.60. The van der Waals surface area contributed by atoms with Crippen molar-refractivity contribution in [3.63, 3.8) is 0 Å². The minimum Gasteiger partial charge on any atom is -0.465 e. The Morgan fingerprint density at radius 2 is 0.490 bits per heavy atom. The molecule has 0 atom stereocenters. The van der Waals surface area contributed by atoms with Gasteiger partial charge in [-0.05, 0) is 25.7 Å². The van der Waals surface area contributed by atoms with Gasteiger partial charge in [0.05, 0.1) is 0 Å². The second-order valence-corrected chi connectivity index (χ2v) is 14.9. The number of carbonyl (C=O) groups excluding carboxylic acids is 4. The van der Waals surface area contributed by atoms with Crippen LogP contribution in [0.1, 0.15) is 220 Å². The first kappa shape index (κ1) is 48.9. The van der Waals surface area contributed by atoms with Gasteiger partial charge in [-0.2, -0.15) is 0 Å². The number of hydrogen-bond donors (Lipinski definition) is 0. The summed E-state index contributed by atoms with van der Waals surface area (Å²) in [5, 5.41) is 0. The van der Waals surface area contributed by atoms with Gasteiger partial charge in [0.2, 0.25) is 0 Å². The summed E-state index contributed by atoms with van der Waals surface area (Å²) in [6.45, 7) is 7.79. The van der Waals surface area contributed by atoms with Crippen LogP contribution in [0.4, 0.5) is 0 Å². The fourth-order valence-corrected chi connectivity index (χ4v) is 5.98. The summed E-state index contributed by atoms with van der Waals surface area (Å²) in [4.78, 5) is 50.7. The van der Waals surface area contributed by atoms with Gasteiger partial charge in [0.1, 0.15) is 31.8 Å². The summed E-state index contributed by atoms with van der Waals surface area (Å²) in [7, 11) is 0. The van der Waals surface area contributed by atoms with Crippen LogP contribution in [-0.2, 0) is 38.1 Å². The van der Waals surface area contributed by atoms with Crippen molar-refractivity contribution in [1.82, 2.24) is 0 Å². The number of unbranched alkanes of at least 4 members (excludes halogenated alkanes) is 22. The van der Waals surface area contributed by atoms with E-state index in [1.165, 1.54) is 103 Å². The fraction of sp³-hybridized carbons (Fsp3) is 0.907. The van der Waals surface area contributed by atoms with Crippen molar-refractivity contribution in [3.8, 4) is 0 Å². The molecular formula is C43H80O8. The van der Waals surface area contributed by atoms with E-state index in [2.05, 4.69) is 13.8 Å². The van der Waals surface area contributed by atoms with E-state index < -0.39 is 5.41 Å². The van der Waals surface area contributed by atoms with E-state index in [4.69, 9.17) is 18.9 Å². The van der Waals surface area contributed by atoms with E-state index in [9.17, 15) is 19.2 Å². The highest BCUT2D eigenvalue weighted by molar-refractivity contribution is 5.71. The van der Waals surface area contributed by atoms with Gasteiger partial charge in [0, 0.05) is 25.7 Å². The maximum Gasteiger partial charge on any atom is 0.305 e. The van der Waals surface area contributed by atoms with Gasteiger partial charge in [-0.15, -0.1) is 0 Å². The zero-order valence-electron chi connectivity index (χ0n) is 33.8. The zero-order chi connectivity index (χ0) is 37.7. The molecule has 0 aromatic rings. The van der Waals surface area contributed by atoms with E-state index >= 15 is 0 Å². The van der Waals surface area contributed by atoms with E-state index in [0.29, 0.717) is 12.8 Å². The Labute approximate surface area is 313 Å². The Bertz CT molecular complexity index is 774. The van der Waals surface area contributed by atoms with Crippen molar-refractivity contribution >= 4 is 23.9 Å². The monoisotopic (exact) mass is 725 g/mol. The highest BCUT2D eigenvalue weighted by atomic mass is 16.6. The second kappa shape index (κ2) is 36.2. The summed E-state index contributed by atoms with van der Waals surface area (Å²) in [6.07, 6.45) is 30.4. The lowest BCUT2D eigenvalue weighted by molar-refractivity contribution is -0.170. The number of esters is 4. The molecule has 0 bridgehead atoms. The molecule has 8 heteroatoms. The molecule has 0 aromatic carbocycles. The summed E-state index contributed by atoms with van der Waals surface area (Å²) < 4.78 is 22.7. The predicted octanol–water partition coefficient (Wildman–Crippen LogP) is 11.9. The molecule has 0 aliphatic rings. The summed E-state index contributed by atoms with van der Waals surface area (Å²) in [5.74, 6) is -1.45. The van der Waals surface area contributed by atoms with E-state index in [1.807, 2.05) is 13.8 Å². The first-order valence-corrected chi connectivity index (χ1v) is 21.4. The minimum absolute atomic E-state index is 0.169. The Balaban J connectivity index is 5.02. The second-order valence-electron chi connectivity index (χ2n) is 14.9. The molecular weight excluding hydrogens is 644 g/mol. The molecule has 0 fully saturated rings. The Hall–Kier alpha value is -2.12. The van der Waals surface area contributed by atoms with E-state index in [1.54, 1.807) is 0 Å². The molecule has 0 rings (SSSR count). The molecule has 51 heavy (non-hydrogen) atoms. The van der Waals surface area contributed by atoms with Crippen molar-refractivity contribution < 1.29 is 38.1 Å². The maximum absolute atomic E-state index is 12.8. The Kier molecular flexibility index (Phi) is 34.7. The topological polar surface area (TPSA) is 105 Å². The maximum atomic E-state index is 12.8. The number of rotatable bonds is 38. The van der Waals surface area contributed by atoms with Crippen LogP contribution in [-0.4, -0.2) is 50.3 Å². The molecule has 0 saturated carbocycles. The molecule has 0 amide bonds. The summed E-state index contributed by atoms with van der Waals surface area (Å²) >= 11 is 0. The molecule has 0 saturated heterocycles. The van der Waals surface area contributed by atoms with Gasteiger partial charge in [-0.25, -0.2) is 0 Å². The van der Waals surface area contributed by atoms with Crippen LogP contribution < -0.4 is 0 Å². The minimum atomic E-state index is -1.18. The first-order chi connectivity index (χ1) is 24.8. The van der Waals surface area contributed by atoms with E-state index in [0.717, 1.165) is 51.4 Å². The lowest BCUT2D eigenvalue weighted by Crippen LogP contribution is -2.44. The lowest BCUT2D eigenvalue weighted by Gasteiger charge is -2.31. The number of ether oxygens (including phenoxy) is 4. The van der Waals surface area contributed by atoms with Gasteiger partial charge < -0.3 is 18.9 Å². The zero-order valence-corrected chi connectivity index (χ0v) is 33.8. The molecule has 0 unspecified atom stereocenters. The van der Waals surface area contributed by atoms with Crippen LogP contribution in [0, 0.1) is 5.41 Å². The van der Waals surface area contributed by atoms with Crippen LogP contribution in [0.15, 0.2) is 0 Å². The normalized spacial score (nSPS) is 11.4. The van der Waals surface area contributed by atoms with Crippen LogP contribution in [0.5, 0.6) is 0 Å². The number of hydrogen-bond acceptors (Lipinski definition) is 8. The van der Waals surface area contributed by atoms with Gasteiger partial charge in [-0.1, -0.05) is 169 Å². The van der Waals surface area contributed by atoms with Crippen molar-refractivity contribution in [2.24, 2.45) is 5.41 Å². The summed E-state index contributed by atoms with van der Waals surface area (Å²) in [5.41, 5.74) is -1.18.